The summed E-state index contributed by atoms with van der Waals surface area (Å²) in [6.45, 7) is 2.08. The minimum Gasteiger partial charge on any atom is -1.00 e. The summed E-state index contributed by atoms with van der Waals surface area (Å²) in [5.74, 6) is 0. The molecular formula is C14H11BrClN2-. The predicted octanol–water partition coefficient (Wildman–Crippen LogP) is 0.967. The molecule has 0 N–H and O–H groups in total. The number of aryl methyl sites for hydroxylation is 1. The third kappa shape index (κ3) is 2.42. The molecule has 0 aliphatic heterocycles. The highest BCUT2D eigenvalue weighted by molar-refractivity contribution is 6.30. The van der Waals surface area contributed by atoms with Crippen molar-refractivity contribution in [2.45, 2.75) is 6.92 Å². The van der Waals surface area contributed by atoms with Crippen LogP contribution in [0.1, 0.15) is 5.56 Å². The quantitative estimate of drug-likeness (QED) is 0.652. The molecule has 4 heteroatoms. The summed E-state index contributed by atoms with van der Waals surface area (Å²) < 4.78 is 1.94. The molecule has 0 spiro atoms. The fourth-order valence-electron chi connectivity index (χ4n) is 1.83. The van der Waals surface area contributed by atoms with Gasteiger partial charge in [-0.05, 0) is 19.1 Å². The van der Waals surface area contributed by atoms with Crippen molar-refractivity contribution in [1.82, 2.24) is 9.38 Å². The Morgan fingerprint density at radius 1 is 1.00 bits per heavy atom. The Kier molecular flexibility index (Phi) is 3.73. The molecular weight excluding hydrogens is 312 g/mol. The number of nitrogens with zero attached hydrogens (tertiary/aromatic N) is 2. The third-order valence-corrected chi connectivity index (χ3v) is 2.99. The number of benzene rings is 1. The van der Waals surface area contributed by atoms with Gasteiger partial charge in [0.15, 0.2) is 0 Å². The Balaban J connectivity index is 0.00000120. The molecule has 2 heterocycles. The molecule has 0 aliphatic rings. The van der Waals surface area contributed by atoms with Crippen LogP contribution in [0.25, 0.3) is 16.9 Å². The molecule has 0 atom stereocenters. The molecule has 3 aromatic rings. The van der Waals surface area contributed by atoms with Crippen LogP contribution in [0.2, 0.25) is 5.02 Å². The number of halogens is 2. The molecule has 18 heavy (non-hydrogen) atoms. The largest absolute Gasteiger partial charge is 1.00 e. The van der Waals surface area contributed by atoms with Crippen LogP contribution in [0, 0.1) is 6.92 Å². The van der Waals surface area contributed by atoms with Crippen LogP contribution in [0.15, 0.2) is 48.8 Å². The van der Waals surface area contributed by atoms with E-state index in [9.17, 15) is 0 Å². The lowest BCUT2D eigenvalue weighted by molar-refractivity contribution is -0.00000343. The van der Waals surface area contributed by atoms with Crippen molar-refractivity contribution < 1.29 is 17.0 Å². The smallest absolute Gasteiger partial charge is 0.137 e. The normalized spacial score (nSPS) is 10.3. The number of hydrogen-bond acceptors (Lipinski definition) is 1. The number of aromatic nitrogens is 2. The molecule has 0 amide bonds. The molecule has 0 saturated carbocycles. The first-order valence-corrected chi connectivity index (χ1v) is 5.81. The summed E-state index contributed by atoms with van der Waals surface area (Å²) in [5, 5.41) is 0.713. The van der Waals surface area contributed by atoms with Crippen LogP contribution in [0.5, 0.6) is 0 Å². The standard InChI is InChI=1S/C14H11ClN2.BrH/c1-10-2-4-11(5-3-10)13-9-17-8-12(15)6-7-14(17)16-13;/h2-9H,1H3;1H/p-1. The van der Waals surface area contributed by atoms with Gasteiger partial charge < -0.3 is 21.4 Å². The molecule has 0 bridgehead atoms. The van der Waals surface area contributed by atoms with E-state index in [1.807, 2.05) is 28.9 Å². The predicted molar refractivity (Wildman–Crippen MR) is 70.4 cm³/mol. The lowest BCUT2D eigenvalue weighted by atomic mass is 10.1. The van der Waals surface area contributed by atoms with Gasteiger partial charge in [-0.25, -0.2) is 4.98 Å². The highest BCUT2D eigenvalue weighted by atomic mass is 79.9. The second-order valence-corrected chi connectivity index (χ2v) is 4.54. The van der Waals surface area contributed by atoms with Crippen molar-refractivity contribution in [3.05, 3.63) is 59.4 Å². The van der Waals surface area contributed by atoms with Gasteiger partial charge in [0.1, 0.15) is 5.65 Å². The summed E-state index contributed by atoms with van der Waals surface area (Å²) in [6.07, 6.45) is 3.85. The first kappa shape index (κ1) is 13.1. The van der Waals surface area contributed by atoms with E-state index in [1.54, 1.807) is 0 Å². The van der Waals surface area contributed by atoms with Crippen LogP contribution >= 0.6 is 11.6 Å². The molecule has 2 nitrogen and oxygen atoms in total. The molecule has 0 radical (unpaired) electrons. The highest BCUT2D eigenvalue weighted by Gasteiger charge is 2.04. The van der Waals surface area contributed by atoms with Gasteiger partial charge in [-0.1, -0.05) is 41.4 Å². The van der Waals surface area contributed by atoms with Crippen molar-refractivity contribution in [2.24, 2.45) is 0 Å². The van der Waals surface area contributed by atoms with E-state index >= 15 is 0 Å². The topological polar surface area (TPSA) is 17.3 Å². The van der Waals surface area contributed by atoms with Crippen LogP contribution in [0.4, 0.5) is 0 Å². The van der Waals surface area contributed by atoms with E-state index in [2.05, 4.69) is 36.2 Å². The number of fused-ring (bicyclic) bond motifs is 1. The van der Waals surface area contributed by atoms with Gasteiger partial charge in [-0.15, -0.1) is 0 Å². The molecule has 3 rings (SSSR count). The molecule has 0 fully saturated rings. The van der Waals surface area contributed by atoms with E-state index in [1.165, 1.54) is 5.56 Å². The lowest BCUT2D eigenvalue weighted by Gasteiger charge is -1.96. The van der Waals surface area contributed by atoms with Crippen molar-refractivity contribution in [1.29, 1.82) is 0 Å². The number of imidazole rings is 1. The number of pyridine rings is 1. The van der Waals surface area contributed by atoms with Gasteiger partial charge in [-0.3, -0.25) is 0 Å². The summed E-state index contributed by atoms with van der Waals surface area (Å²) in [5.41, 5.74) is 4.24. The van der Waals surface area contributed by atoms with E-state index in [-0.39, 0.29) is 17.0 Å². The third-order valence-electron chi connectivity index (χ3n) is 2.76. The Bertz CT molecular complexity index is 674. The summed E-state index contributed by atoms with van der Waals surface area (Å²) in [7, 11) is 0. The summed E-state index contributed by atoms with van der Waals surface area (Å²) in [4.78, 5) is 4.56. The van der Waals surface area contributed by atoms with E-state index in [4.69, 9.17) is 11.6 Å². The molecule has 0 saturated heterocycles. The van der Waals surface area contributed by atoms with Crippen LogP contribution < -0.4 is 17.0 Å². The zero-order valence-electron chi connectivity index (χ0n) is 9.77. The summed E-state index contributed by atoms with van der Waals surface area (Å²) >= 11 is 5.95. The maximum absolute atomic E-state index is 5.95. The second kappa shape index (κ2) is 5.12. The number of hydrogen-bond donors (Lipinski definition) is 0. The zero-order valence-corrected chi connectivity index (χ0v) is 12.1. The SMILES string of the molecule is Cc1ccc(-c2cn3cc(Cl)ccc3n2)cc1.[Br-]. The fourth-order valence-corrected chi connectivity index (χ4v) is 2.00. The molecule has 92 valence electrons. The first-order chi connectivity index (χ1) is 8.22. The second-order valence-electron chi connectivity index (χ2n) is 4.10. The van der Waals surface area contributed by atoms with Gasteiger partial charge in [0.2, 0.25) is 0 Å². The van der Waals surface area contributed by atoms with Crippen LogP contribution in [0.3, 0.4) is 0 Å². The van der Waals surface area contributed by atoms with Gasteiger partial charge in [-0.2, -0.15) is 0 Å². The van der Waals surface area contributed by atoms with Crippen LogP contribution in [-0.2, 0) is 0 Å². The zero-order chi connectivity index (χ0) is 11.8. The fraction of sp³-hybridized carbons (Fsp3) is 0.0714. The highest BCUT2D eigenvalue weighted by Crippen LogP contribution is 2.20. The molecule has 1 aromatic carbocycles. The van der Waals surface area contributed by atoms with Crippen LogP contribution in [-0.4, -0.2) is 9.38 Å². The Morgan fingerprint density at radius 3 is 2.44 bits per heavy atom. The first-order valence-electron chi connectivity index (χ1n) is 5.44. The van der Waals surface area contributed by atoms with E-state index in [0.717, 1.165) is 16.9 Å². The van der Waals surface area contributed by atoms with E-state index < -0.39 is 0 Å². The molecule has 0 unspecified atom stereocenters. The Hall–Kier alpha value is -1.32. The lowest BCUT2D eigenvalue weighted by Crippen LogP contribution is -3.00. The van der Waals surface area contributed by atoms with Crippen molar-refractivity contribution >= 4 is 17.2 Å². The maximum Gasteiger partial charge on any atom is 0.137 e. The average molecular weight is 323 g/mol. The minimum absolute atomic E-state index is 0. The van der Waals surface area contributed by atoms with Gasteiger partial charge in [0.25, 0.3) is 0 Å². The van der Waals surface area contributed by atoms with Crippen molar-refractivity contribution in [2.75, 3.05) is 0 Å². The Labute approximate surface area is 121 Å². The molecule has 0 aliphatic carbocycles. The van der Waals surface area contributed by atoms with Crippen molar-refractivity contribution in [3.8, 4) is 11.3 Å². The maximum atomic E-state index is 5.95. The average Bonchev–Trinajstić information content (AvgIpc) is 2.72. The monoisotopic (exact) mass is 321 g/mol. The minimum atomic E-state index is 0. The molecule has 2 aromatic heterocycles. The van der Waals surface area contributed by atoms with Gasteiger partial charge in [0, 0.05) is 18.0 Å². The Morgan fingerprint density at radius 2 is 1.72 bits per heavy atom. The van der Waals surface area contributed by atoms with Gasteiger partial charge in [0.05, 0.1) is 10.7 Å². The van der Waals surface area contributed by atoms with E-state index in [0.29, 0.717) is 5.02 Å². The van der Waals surface area contributed by atoms with Gasteiger partial charge >= 0.3 is 0 Å². The van der Waals surface area contributed by atoms with Crippen molar-refractivity contribution in [3.63, 3.8) is 0 Å². The number of rotatable bonds is 1. The summed E-state index contributed by atoms with van der Waals surface area (Å²) in [6, 6.07) is 12.1.